The maximum absolute atomic E-state index is 4.88. The van der Waals surface area contributed by atoms with Crippen LogP contribution in [0, 0.1) is 6.92 Å². The quantitative estimate of drug-likeness (QED) is 0.874. The molecule has 100 valence electrons. The number of nitrogens with one attached hydrogen (secondary N) is 1. The molecule has 0 fully saturated rings. The lowest BCUT2D eigenvalue weighted by Crippen LogP contribution is -2.21. The van der Waals surface area contributed by atoms with E-state index in [1.54, 1.807) is 0 Å². The van der Waals surface area contributed by atoms with Crippen LogP contribution in [0.5, 0.6) is 0 Å². The van der Waals surface area contributed by atoms with Gasteiger partial charge in [-0.05, 0) is 50.9 Å². The zero-order valence-corrected chi connectivity index (χ0v) is 13.6. The number of fused-ring (bicyclic) bond motifs is 1. The topological polar surface area (TPSA) is 24.9 Å². The summed E-state index contributed by atoms with van der Waals surface area (Å²) in [7, 11) is 2.03. The summed E-state index contributed by atoms with van der Waals surface area (Å²) >= 11 is 5.41. The highest BCUT2D eigenvalue weighted by Gasteiger charge is 2.23. The van der Waals surface area contributed by atoms with Crippen LogP contribution in [-0.2, 0) is 6.42 Å². The van der Waals surface area contributed by atoms with Crippen molar-refractivity contribution in [3.8, 4) is 10.6 Å². The normalized spacial score (nSPS) is 18.4. The molecule has 1 aromatic heterocycles. The second-order valence-electron chi connectivity index (χ2n) is 5.02. The Morgan fingerprint density at radius 3 is 3.00 bits per heavy atom. The van der Waals surface area contributed by atoms with E-state index in [0.29, 0.717) is 6.04 Å². The first kappa shape index (κ1) is 13.3. The third kappa shape index (κ3) is 2.49. The Morgan fingerprint density at radius 1 is 1.42 bits per heavy atom. The molecule has 0 saturated heterocycles. The van der Waals surface area contributed by atoms with E-state index in [-0.39, 0.29) is 0 Å². The number of thiazole rings is 1. The van der Waals surface area contributed by atoms with E-state index in [2.05, 4.69) is 46.4 Å². The van der Waals surface area contributed by atoms with Crippen molar-refractivity contribution in [2.24, 2.45) is 0 Å². The molecule has 0 aliphatic heterocycles. The Balaban J connectivity index is 2.02. The van der Waals surface area contributed by atoms with Crippen LogP contribution in [-0.4, -0.2) is 12.0 Å². The number of benzene rings is 1. The van der Waals surface area contributed by atoms with Gasteiger partial charge in [-0.1, -0.05) is 22.0 Å². The average Bonchev–Trinajstić information content (AvgIpc) is 2.85. The minimum Gasteiger partial charge on any atom is -0.312 e. The van der Waals surface area contributed by atoms with Crippen molar-refractivity contribution in [2.45, 2.75) is 32.2 Å². The van der Waals surface area contributed by atoms with Gasteiger partial charge in [0.2, 0.25) is 0 Å². The molecule has 2 aromatic rings. The van der Waals surface area contributed by atoms with Gasteiger partial charge in [-0.25, -0.2) is 4.98 Å². The molecule has 0 bridgehead atoms. The van der Waals surface area contributed by atoms with Crippen molar-refractivity contribution in [1.82, 2.24) is 10.3 Å². The lowest BCUT2D eigenvalue weighted by atomic mass is 9.98. The Bertz CT molecular complexity index is 606. The molecule has 0 amide bonds. The summed E-state index contributed by atoms with van der Waals surface area (Å²) in [5.74, 6) is 0. The Morgan fingerprint density at radius 2 is 2.26 bits per heavy atom. The van der Waals surface area contributed by atoms with Gasteiger partial charge in [0.25, 0.3) is 0 Å². The van der Waals surface area contributed by atoms with E-state index >= 15 is 0 Å². The molecule has 1 atom stereocenters. The Kier molecular flexibility index (Phi) is 3.74. The van der Waals surface area contributed by atoms with Crippen LogP contribution in [0.2, 0.25) is 0 Å². The molecule has 0 spiro atoms. The first-order valence-corrected chi connectivity index (χ1v) is 8.23. The van der Waals surface area contributed by atoms with E-state index in [0.717, 1.165) is 9.48 Å². The summed E-state index contributed by atoms with van der Waals surface area (Å²) in [5, 5.41) is 4.54. The van der Waals surface area contributed by atoms with Gasteiger partial charge in [-0.2, -0.15) is 0 Å². The first-order chi connectivity index (χ1) is 9.19. The Hall–Kier alpha value is -0.710. The second kappa shape index (κ2) is 5.35. The average molecular weight is 337 g/mol. The summed E-state index contributed by atoms with van der Waals surface area (Å²) in [6.45, 7) is 2.12. The summed E-state index contributed by atoms with van der Waals surface area (Å²) in [6, 6.07) is 6.91. The molecule has 1 unspecified atom stereocenters. The van der Waals surface area contributed by atoms with E-state index in [9.17, 15) is 0 Å². The maximum Gasteiger partial charge on any atom is 0.123 e. The molecule has 0 radical (unpaired) electrons. The van der Waals surface area contributed by atoms with Crippen molar-refractivity contribution in [1.29, 1.82) is 0 Å². The van der Waals surface area contributed by atoms with Crippen molar-refractivity contribution in [2.75, 3.05) is 7.05 Å². The number of aromatic nitrogens is 1. The number of hydrogen-bond donors (Lipinski definition) is 1. The minimum atomic E-state index is 0.435. The summed E-state index contributed by atoms with van der Waals surface area (Å²) < 4.78 is 1.16. The van der Waals surface area contributed by atoms with Gasteiger partial charge < -0.3 is 5.32 Å². The first-order valence-electron chi connectivity index (χ1n) is 6.62. The number of halogens is 1. The number of nitrogens with zero attached hydrogens (tertiary/aromatic N) is 1. The van der Waals surface area contributed by atoms with Crippen molar-refractivity contribution in [3.63, 3.8) is 0 Å². The van der Waals surface area contributed by atoms with Crippen LogP contribution >= 0.6 is 27.3 Å². The van der Waals surface area contributed by atoms with Gasteiger partial charge in [-0.3, -0.25) is 0 Å². The van der Waals surface area contributed by atoms with Gasteiger partial charge in [-0.15, -0.1) is 11.3 Å². The van der Waals surface area contributed by atoms with E-state index in [1.165, 1.54) is 41.0 Å². The molecule has 1 aliphatic carbocycles. The largest absolute Gasteiger partial charge is 0.312 e. The molecule has 1 aromatic carbocycles. The van der Waals surface area contributed by atoms with Gasteiger partial charge in [0.05, 0.1) is 11.7 Å². The summed E-state index contributed by atoms with van der Waals surface area (Å²) in [6.07, 6.45) is 3.65. The third-order valence-electron chi connectivity index (χ3n) is 3.71. The number of hydrogen-bond acceptors (Lipinski definition) is 3. The molecule has 1 N–H and O–H groups in total. The molecule has 4 heteroatoms. The maximum atomic E-state index is 4.88. The highest BCUT2D eigenvalue weighted by Crippen LogP contribution is 2.37. The third-order valence-corrected chi connectivity index (χ3v) is 5.78. The van der Waals surface area contributed by atoms with Crippen LogP contribution in [0.3, 0.4) is 0 Å². The van der Waals surface area contributed by atoms with Gasteiger partial charge in [0.15, 0.2) is 0 Å². The predicted octanol–water partition coefficient (Wildman–Crippen LogP) is 4.48. The van der Waals surface area contributed by atoms with Crippen LogP contribution in [0.4, 0.5) is 0 Å². The standard InChI is InChI=1S/C15H17BrN2S/c1-9-8-10(6-7-11(9)16)15-18-14-12(17-2)4-3-5-13(14)19-15/h6-8,12,17H,3-5H2,1-2H3. The van der Waals surface area contributed by atoms with Gasteiger partial charge in [0.1, 0.15) is 5.01 Å². The summed E-state index contributed by atoms with van der Waals surface area (Å²) in [5.41, 5.74) is 3.76. The van der Waals surface area contributed by atoms with Gasteiger partial charge >= 0.3 is 0 Å². The van der Waals surface area contributed by atoms with Crippen molar-refractivity contribution < 1.29 is 0 Å². The van der Waals surface area contributed by atoms with E-state index in [1.807, 2.05) is 18.4 Å². The molecule has 1 aliphatic rings. The lowest BCUT2D eigenvalue weighted by molar-refractivity contribution is 0.490. The molecular weight excluding hydrogens is 320 g/mol. The fraction of sp³-hybridized carbons (Fsp3) is 0.400. The number of rotatable bonds is 2. The minimum absolute atomic E-state index is 0.435. The second-order valence-corrected chi connectivity index (χ2v) is 6.96. The van der Waals surface area contributed by atoms with E-state index < -0.39 is 0 Å². The summed E-state index contributed by atoms with van der Waals surface area (Å²) in [4.78, 5) is 6.34. The molecule has 3 rings (SSSR count). The van der Waals surface area contributed by atoms with Crippen LogP contribution in [0.25, 0.3) is 10.6 Å². The zero-order chi connectivity index (χ0) is 13.4. The molecule has 19 heavy (non-hydrogen) atoms. The van der Waals surface area contributed by atoms with Crippen LogP contribution < -0.4 is 5.32 Å². The van der Waals surface area contributed by atoms with E-state index in [4.69, 9.17) is 4.98 Å². The molecule has 0 saturated carbocycles. The van der Waals surface area contributed by atoms with Crippen LogP contribution in [0.1, 0.15) is 35.0 Å². The fourth-order valence-corrected chi connectivity index (χ4v) is 4.01. The fourth-order valence-electron chi connectivity index (χ4n) is 2.60. The zero-order valence-electron chi connectivity index (χ0n) is 11.2. The highest BCUT2D eigenvalue weighted by atomic mass is 79.9. The van der Waals surface area contributed by atoms with Crippen LogP contribution in [0.15, 0.2) is 22.7 Å². The van der Waals surface area contributed by atoms with Crippen molar-refractivity contribution in [3.05, 3.63) is 38.8 Å². The molecule has 1 heterocycles. The smallest absolute Gasteiger partial charge is 0.123 e. The SMILES string of the molecule is CNC1CCCc2sc(-c3ccc(Br)c(C)c3)nc21. The van der Waals surface area contributed by atoms with Gasteiger partial charge in [0, 0.05) is 14.9 Å². The monoisotopic (exact) mass is 336 g/mol. The highest BCUT2D eigenvalue weighted by molar-refractivity contribution is 9.10. The number of aryl methyl sites for hydroxylation is 2. The predicted molar refractivity (Wildman–Crippen MR) is 84.7 cm³/mol. The van der Waals surface area contributed by atoms with Crippen molar-refractivity contribution >= 4 is 27.3 Å². The Labute approximate surface area is 126 Å². The lowest BCUT2D eigenvalue weighted by Gasteiger charge is -2.19. The molecular formula is C15H17BrN2S. The molecule has 2 nitrogen and oxygen atoms in total.